The van der Waals surface area contributed by atoms with Crippen molar-refractivity contribution >= 4 is 0 Å². The van der Waals surface area contributed by atoms with Crippen molar-refractivity contribution < 1.29 is 0 Å². The molecule has 0 amide bonds. The van der Waals surface area contributed by atoms with E-state index in [4.69, 9.17) is 0 Å². The van der Waals surface area contributed by atoms with E-state index in [1.54, 1.807) is 12.4 Å². The maximum absolute atomic E-state index is 4.16. The molecule has 1 fully saturated rings. The van der Waals surface area contributed by atoms with Gasteiger partial charge in [0.1, 0.15) is 5.82 Å². The van der Waals surface area contributed by atoms with Crippen molar-refractivity contribution in [3.8, 4) is 0 Å². The van der Waals surface area contributed by atoms with E-state index in [1.165, 1.54) is 6.42 Å². The van der Waals surface area contributed by atoms with Crippen LogP contribution in [0.15, 0.2) is 18.5 Å². The summed E-state index contributed by atoms with van der Waals surface area (Å²) in [5.41, 5.74) is 0.560. The maximum Gasteiger partial charge on any atom is 0.141 e. The summed E-state index contributed by atoms with van der Waals surface area (Å²) in [6.07, 6.45) is 4.91. The van der Waals surface area contributed by atoms with E-state index in [0.29, 0.717) is 5.41 Å². The zero-order valence-corrected chi connectivity index (χ0v) is 8.83. The minimum Gasteiger partial charge on any atom is -0.310 e. The van der Waals surface area contributed by atoms with Crippen molar-refractivity contribution in [2.75, 3.05) is 6.54 Å². The van der Waals surface area contributed by atoms with Gasteiger partial charge in [-0.25, -0.2) is 9.97 Å². The Balaban J connectivity index is 1.69. The van der Waals surface area contributed by atoms with Gasteiger partial charge in [0.05, 0.1) is 6.54 Å². The summed E-state index contributed by atoms with van der Waals surface area (Å²) in [6.45, 7) is 6.51. The third-order valence-corrected chi connectivity index (χ3v) is 3.01. The van der Waals surface area contributed by atoms with Gasteiger partial charge < -0.3 is 5.32 Å². The van der Waals surface area contributed by atoms with Crippen LogP contribution in [0.2, 0.25) is 0 Å². The second kappa shape index (κ2) is 3.65. The van der Waals surface area contributed by atoms with E-state index in [2.05, 4.69) is 29.1 Å². The Morgan fingerprint density at radius 1 is 1.43 bits per heavy atom. The molecule has 1 aromatic heterocycles. The molecular formula is C11H17N3. The lowest BCUT2D eigenvalue weighted by molar-refractivity contribution is 0.515. The largest absolute Gasteiger partial charge is 0.310 e. The summed E-state index contributed by atoms with van der Waals surface area (Å²) >= 11 is 0. The van der Waals surface area contributed by atoms with Crippen molar-refractivity contribution in [3.05, 3.63) is 24.3 Å². The third kappa shape index (κ3) is 2.29. The second-order valence-corrected chi connectivity index (χ2v) is 4.69. The van der Waals surface area contributed by atoms with Crippen molar-refractivity contribution in [1.29, 1.82) is 0 Å². The summed E-state index contributed by atoms with van der Waals surface area (Å²) in [4.78, 5) is 8.32. The van der Waals surface area contributed by atoms with Gasteiger partial charge in [0.25, 0.3) is 0 Å². The Morgan fingerprint density at radius 3 is 2.64 bits per heavy atom. The van der Waals surface area contributed by atoms with E-state index in [-0.39, 0.29) is 0 Å². The lowest BCUT2D eigenvalue weighted by Crippen LogP contribution is -2.19. The number of hydrogen-bond acceptors (Lipinski definition) is 3. The summed E-state index contributed by atoms with van der Waals surface area (Å²) in [6, 6.07) is 1.84. The van der Waals surface area contributed by atoms with Gasteiger partial charge in [0, 0.05) is 12.4 Å². The van der Waals surface area contributed by atoms with Crippen molar-refractivity contribution in [2.24, 2.45) is 11.3 Å². The SMILES string of the molecule is CC1(C)CC1CNCc1ncccn1. The number of rotatable bonds is 4. The molecule has 0 radical (unpaired) electrons. The zero-order valence-electron chi connectivity index (χ0n) is 8.83. The summed E-state index contributed by atoms with van der Waals surface area (Å²) < 4.78 is 0. The van der Waals surface area contributed by atoms with Crippen LogP contribution in [0.1, 0.15) is 26.1 Å². The van der Waals surface area contributed by atoms with E-state index in [9.17, 15) is 0 Å². The predicted molar refractivity (Wildman–Crippen MR) is 55.6 cm³/mol. The van der Waals surface area contributed by atoms with Crippen LogP contribution < -0.4 is 5.32 Å². The normalized spacial score (nSPS) is 23.4. The molecule has 1 aliphatic rings. The van der Waals surface area contributed by atoms with Gasteiger partial charge in [-0.2, -0.15) is 0 Å². The van der Waals surface area contributed by atoms with E-state index in [1.807, 2.05) is 6.07 Å². The molecule has 1 heterocycles. The standard InChI is InChI=1S/C11H17N3/c1-11(2)6-9(11)7-12-8-10-13-4-3-5-14-10/h3-5,9,12H,6-8H2,1-2H3. The molecular weight excluding hydrogens is 174 g/mol. The van der Waals surface area contributed by atoms with Crippen LogP contribution in [-0.2, 0) is 6.54 Å². The molecule has 0 bridgehead atoms. The van der Waals surface area contributed by atoms with Gasteiger partial charge in [-0.3, -0.25) is 0 Å². The number of nitrogens with one attached hydrogen (secondary N) is 1. The van der Waals surface area contributed by atoms with Crippen LogP contribution in [0.25, 0.3) is 0 Å². The molecule has 1 unspecified atom stereocenters. The molecule has 0 aliphatic heterocycles. The molecule has 1 aliphatic carbocycles. The summed E-state index contributed by atoms with van der Waals surface area (Å²) in [5, 5.41) is 3.39. The molecule has 1 N–H and O–H groups in total. The molecule has 1 saturated carbocycles. The highest BCUT2D eigenvalue weighted by atomic mass is 15.0. The lowest BCUT2D eigenvalue weighted by atomic mass is 10.1. The van der Waals surface area contributed by atoms with Crippen LogP contribution in [0.5, 0.6) is 0 Å². The van der Waals surface area contributed by atoms with Crippen LogP contribution >= 0.6 is 0 Å². The first kappa shape index (κ1) is 9.59. The first-order valence-corrected chi connectivity index (χ1v) is 5.15. The van der Waals surface area contributed by atoms with Crippen LogP contribution in [-0.4, -0.2) is 16.5 Å². The minimum absolute atomic E-state index is 0.560. The van der Waals surface area contributed by atoms with Crippen molar-refractivity contribution in [1.82, 2.24) is 15.3 Å². The first-order valence-electron chi connectivity index (χ1n) is 5.15. The van der Waals surface area contributed by atoms with Crippen molar-refractivity contribution in [2.45, 2.75) is 26.8 Å². The average molecular weight is 191 g/mol. The molecule has 3 heteroatoms. The second-order valence-electron chi connectivity index (χ2n) is 4.69. The molecule has 14 heavy (non-hydrogen) atoms. The number of hydrogen-bond donors (Lipinski definition) is 1. The monoisotopic (exact) mass is 191 g/mol. The van der Waals surface area contributed by atoms with E-state index >= 15 is 0 Å². The Bertz CT molecular complexity index is 295. The minimum atomic E-state index is 0.560. The third-order valence-electron chi connectivity index (χ3n) is 3.01. The predicted octanol–water partition coefficient (Wildman–Crippen LogP) is 1.61. The fourth-order valence-electron chi connectivity index (χ4n) is 1.70. The van der Waals surface area contributed by atoms with Crippen molar-refractivity contribution in [3.63, 3.8) is 0 Å². The van der Waals surface area contributed by atoms with Gasteiger partial charge in [-0.05, 0) is 30.4 Å². The molecule has 0 saturated heterocycles. The fraction of sp³-hybridized carbons (Fsp3) is 0.636. The Morgan fingerprint density at radius 2 is 2.07 bits per heavy atom. The molecule has 76 valence electrons. The van der Waals surface area contributed by atoms with Crippen LogP contribution in [0.3, 0.4) is 0 Å². The summed E-state index contributed by atoms with van der Waals surface area (Å²) in [7, 11) is 0. The van der Waals surface area contributed by atoms with Crippen LogP contribution in [0.4, 0.5) is 0 Å². The molecule has 0 aromatic carbocycles. The van der Waals surface area contributed by atoms with Crippen LogP contribution in [0, 0.1) is 11.3 Å². The number of nitrogens with zero attached hydrogens (tertiary/aromatic N) is 2. The molecule has 1 atom stereocenters. The smallest absolute Gasteiger partial charge is 0.141 e. The quantitative estimate of drug-likeness (QED) is 0.785. The van der Waals surface area contributed by atoms with Gasteiger partial charge in [0.2, 0.25) is 0 Å². The molecule has 0 spiro atoms. The zero-order chi connectivity index (χ0) is 10.0. The highest BCUT2D eigenvalue weighted by Crippen LogP contribution is 2.50. The average Bonchev–Trinajstić information content (AvgIpc) is 2.76. The Labute approximate surface area is 85.0 Å². The van der Waals surface area contributed by atoms with E-state index in [0.717, 1.165) is 24.8 Å². The van der Waals surface area contributed by atoms with E-state index < -0.39 is 0 Å². The van der Waals surface area contributed by atoms with Gasteiger partial charge in [0.15, 0.2) is 0 Å². The number of aromatic nitrogens is 2. The molecule has 1 aromatic rings. The maximum atomic E-state index is 4.16. The summed E-state index contributed by atoms with van der Waals surface area (Å²) in [5.74, 6) is 1.72. The first-order chi connectivity index (χ1) is 6.68. The molecule has 3 nitrogen and oxygen atoms in total. The Hall–Kier alpha value is -0.960. The van der Waals surface area contributed by atoms with Gasteiger partial charge in [-0.1, -0.05) is 13.8 Å². The Kier molecular flexibility index (Phi) is 2.50. The highest BCUT2D eigenvalue weighted by molar-refractivity contribution is 4.96. The lowest BCUT2D eigenvalue weighted by Gasteiger charge is -2.04. The molecule has 2 rings (SSSR count). The fourth-order valence-corrected chi connectivity index (χ4v) is 1.70. The topological polar surface area (TPSA) is 37.8 Å². The highest BCUT2D eigenvalue weighted by Gasteiger charge is 2.44. The van der Waals surface area contributed by atoms with Gasteiger partial charge in [-0.15, -0.1) is 0 Å². The van der Waals surface area contributed by atoms with Gasteiger partial charge >= 0.3 is 0 Å².